The monoisotopic (exact) mass is 278 g/mol. The number of halogens is 2. The van der Waals surface area contributed by atoms with Crippen LogP contribution in [0.15, 0.2) is 30.5 Å². The second kappa shape index (κ2) is 5.94. The number of hydrogen-bond donors (Lipinski definition) is 0. The van der Waals surface area contributed by atoms with E-state index in [2.05, 4.69) is 5.10 Å². The number of Topliss-reactive ketones (excluding diaryl/α,β-unsaturated/α-hetero) is 1. The molecule has 0 spiro atoms. The van der Waals surface area contributed by atoms with E-state index in [0.717, 1.165) is 12.1 Å². The fourth-order valence-electron chi connectivity index (χ4n) is 1.90. The van der Waals surface area contributed by atoms with E-state index in [4.69, 9.17) is 0 Å². The first-order valence-electron chi connectivity index (χ1n) is 6.45. The lowest BCUT2D eigenvalue weighted by Crippen LogP contribution is -2.09. The second-order valence-corrected chi connectivity index (χ2v) is 5.01. The van der Waals surface area contributed by atoms with Crippen molar-refractivity contribution >= 4 is 5.78 Å². The molecular formula is C15H16F2N2O. The summed E-state index contributed by atoms with van der Waals surface area (Å²) in [6, 6.07) is 5.25. The molecule has 0 radical (unpaired) electrons. The van der Waals surface area contributed by atoms with E-state index >= 15 is 0 Å². The lowest BCUT2D eigenvalue weighted by Gasteiger charge is -2.04. The average Bonchev–Trinajstić information content (AvgIpc) is 2.81. The summed E-state index contributed by atoms with van der Waals surface area (Å²) in [7, 11) is 0. The topological polar surface area (TPSA) is 34.9 Å². The Morgan fingerprint density at radius 1 is 1.25 bits per heavy atom. The molecule has 0 saturated heterocycles. The maximum atomic E-state index is 13.4. The molecule has 1 heterocycles. The molecule has 1 aromatic heterocycles. The Kier molecular flexibility index (Phi) is 4.27. The summed E-state index contributed by atoms with van der Waals surface area (Å²) < 4.78 is 28.0. The summed E-state index contributed by atoms with van der Waals surface area (Å²) in [5.41, 5.74) is 0.867. The molecular weight excluding hydrogens is 262 g/mol. The fourth-order valence-corrected chi connectivity index (χ4v) is 1.90. The molecule has 0 unspecified atom stereocenters. The van der Waals surface area contributed by atoms with Crippen molar-refractivity contribution in [3.8, 4) is 0 Å². The normalized spacial score (nSPS) is 11.1. The first-order valence-corrected chi connectivity index (χ1v) is 6.45. The van der Waals surface area contributed by atoms with Crippen molar-refractivity contribution in [2.24, 2.45) is 0 Å². The lowest BCUT2D eigenvalue weighted by molar-refractivity contribution is -0.117. The van der Waals surface area contributed by atoms with Gasteiger partial charge in [-0.25, -0.2) is 8.78 Å². The second-order valence-electron chi connectivity index (χ2n) is 5.01. The van der Waals surface area contributed by atoms with Gasteiger partial charge < -0.3 is 0 Å². The predicted octanol–water partition coefficient (Wildman–Crippen LogP) is 3.10. The summed E-state index contributed by atoms with van der Waals surface area (Å²) in [4.78, 5) is 11.9. The number of aromatic nitrogens is 2. The van der Waals surface area contributed by atoms with Crippen LogP contribution in [0.4, 0.5) is 8.78 Å². The molecule has 0 aliphatic carbocycles. The number of benzene rings is 1. The van der Waals surface area contributed by atoms with Crippen LogP contribution in [0.1, 0.15) is 31.1 Å². The molecule has 0 aliphatic rings. The molecule has 0 atom stereocenters. The van der Waals surface area contributed by atoms with E-state index in [1.807, 2.05) is 20.0 Å². The minimum absolute atomic E-state index is 0.0549. The van der Waals surface area contributed by atoms with Gasteiger partial charge in [-0.05, 0) is 31.5 Å². The van der Waals surface area contributed by atoms with E-state index in [-0.39, 0.29) is 30.2 Å². The first kappa shape index (κ1) is 14.4. The number of nitrogens with zero attached hydrogens (tertiary/aromatic N) is 2. The van der Waals surface area contributed by atoms with Crippen LogP contribution in [0.2, 0.25) is 0 Å². The van der Waals surface area contributed by atoms with Gasteiger partial charge in [0, 0.05) is 24.7 Å². The maximum absolute atomic E-state index is 13.4. The standard InChI is InChI=1S/C15H16F2N2O/c1-10(2)19-6-5-13(18-19)9-14(20)7-11-3-4-12(16)8-15(11)17/h3-6,8,10H,7,9H2,1-2H3. The Morgan fingerprint density at radius 3 is 2.60 bits per heavy atom. The summed E-state index contributed by atoms with van der Waals surface area (Å²) in [6.45, 7) is 3.99. The van der Waals surface area contributed by atoms with Crippen molar-refractivity contribution in [1.82, 2.24) is 9.78 Å². The van der Waals surface area contributed by atoms with Gasteiger partial charge in [-0.15, -0.1) is 0 Å². The average molecular weight is 278 g/mol. The largest absolute Gasteiger partial charge is 0.299 e. The summed E-state index contributed by atoms with van der Waals surface area (Å²) in [5, 5.41) is 4.27. The van der Waals surface area contributed by atoms with Crippen molar-refractivity contribution in [3.05, 3.63) is 53.4 Å². The molecule has 2 aromatic rings. The quantitative estimate of drug-likeness (QED) is 0.842. The fraction of sp³-hybridized carbons (Fsp3) is 0.333. The van der Waals surface area contributed by atoms with Gasteiger partial charge in [-0.2, -0.15) is 5.10 Å². The molecule has 0 N–H and O–H groups in total. The van der Waals surface area contributed by atoms with Gasteiger partial charge >= 0.3 is 0 Å². The van der Waals surface area contributed by atoms with Gasteiger partial charge in [0.25, 0.3) is 0 Å². The van der Waals surface area contributed by atoms with E-state index < -0.39 is 11.6 Å². The minimum Gasteiger partial charge on any atom is -0.299 e. The van der Waals surface area contributed by atoms with E-state index in [1.54, 1.807) is 10.7 Å². The Balaban J connectivity index is 2.01. The molecule has 0 bridgehead atoms. The number of ketones is 1. The van der Waals surface area contributed by atoms with Gasteiger partial charge in [0.05, 0.1) is 12.1 Å². The van der Waals surface area contributed by atoms with Crippen molar-refractivity contribution in [3.63, 3.8) is 0 Å². The van der Waals surface area contributed by atoms with Gasteiger partial charge in [-0.3, -0.25) is 9.48 Å². The number of carbonyl (C=O) groups excluding carboxylic acids is 1. The van der Waals surface area contributed by atoms with Crippen LogP contribution in [0.3, 0.4) is 0 Å². The zero-order valence-corrected chi connectivity index (χ0v) is 11.4. The highest BCUT2D eigenvalue weighted by Crippen LogP contribution is 2.12. The molecule has 0 amide bonds. The van der Waals surface area contributed by atoms with Crippen LogP contribution in [-0.2, 0) is 17.6 Å². The molecule has 1 aromatic carbocycles. The highest BCUT2D eigenvalue weighted by atomic mass is 19.1. The SMILES string of the molecule is CC(C)n1ccc(CC(=O)Cc2ccc(F)cc2F)n1. The number of hydrogen-bond acceptors (Lipinski definition) is 2. The molecule has 106 valence electrons. The molecule has 2 rings (SSSR count). The Bertz CT molecular complexity index is 620. The maximum Gasteiger partial charge on any atom is 0.143 e. The summed E-state index contributed by atoms with van der Waals surface area (Å²) in [5.74, 6) is -1.48. The number of carbonyl (C=O) groups is 1. The van der Waals surface area contributed by atoms with Gasteiger partial charge in [0.15, 0.2) is 0 Å². The highest BCUT2D eigenvalue weighted by Gasteiger charge is 2.12. The first-order chi connectivity index (χ1) is 9.45. The Morgan fingerprint density at radius 2 is 2.00 bits per heavy atom. The third-order valence-corrected chi connectivity index (χ3v) is 2.97. The van der Waals surface area contributed by atoms with E-state index in [0.29, 0.717) is 5.69 Å². The zero-order chi connectivity index (χ0) is 14.7. The van der Waals surface area contributed by atoms with Crippen LogP contribution in [-0.4, -0.2) is 15.6 Å². The third-order valence-electron chi connectivity index (χ3n) is 2.97. The summed E-state index contributed by atoms with van der Waals surface area (Å²) in [6.07, 6.45) is 1.91. The molecule has 3 nitrogen and oxygen atoms in total. The van der Waals surface area contributed by atoms with Crippen LogP contribution in [0.25, 0.3) is 0 Å². The third kappa shape index (κ3) is 3.50. The minimum atomic E-state index is -0.689. The van der Waals surface area contributed by atoms with Crippen LogP contribution in [0, 0.1) is 11.6 Å². The van der Waals surface area contributed by atoms with Crippen LogP contribution in [0.5, 0.6) is 0 Å². The van der Waals surface area contributed by atoms with Crippen molar-refractivity contribution < 1.29 is 13.6 Å². The smallest absolute Gasteiger partial charge is 0.143 e. The van der Waals surface area contributed by atoms with Crippen LogP contribution >= 0.6 is 0 Å². The Labute approximate surface area is 116 Å². The predicted molar refractivity (Wildman–Crippen MR) is 71.4 cm³/mol. The van der Waals surface area contributed by atoms with E-state index in [9.17, 15) is 13.6 Å². The van der Waals surface area contributed by atoms with Crippen molar-refractivity contribution in [1.29, 1.82) is 0 Å². The Hall–Kier alpha value is -2.04. The van der Waals surface area contributed by atoms with Crippen molar-refractivity contribution in [2.75, 3.05) is 0 Å². The van der Waals surface area contributed by atoms with Crippen molar-refractivity contribution in [2.45, 2.75) is 32.7 Å². The molecule has 0 aliphatic heterocycles. The van der Waals surface area contributed by atoms with Gasteiger partial charge in [0.1, 0.15) is 17.4 Å². The van der Waals surface area contributed by atoms with Gasteiger partial charge in [-0.1, -0.05) is 6.07 Å². The van der Waals surface area contributed by atoms with Crippen LogP contribution < -0.4 is 0 Å². The molecule has 0 saturated carbocycles. The molecule has 20 heavy (non-hydrogen) atoms. The summed E-state index contributed by atoms with van der Waals surface area (Å²) >= 11 is 0. The van der Waals surface area contributed by atoms with Gasteiger partial charge in [0.2, 0.25) is 0 Å². The molecule has 0 fully saturated rings. The lowest BCUT2D eigenvalue weighted by atomic mass is 10.1. The zero-order valence-electron chi connectivity index (χ0n) is 11.4. The molecule has 5 heteroatoms. The number of rotatable bonds is 5. The van der Waals surface area contributed by atoms with E-state index in [1.165, 1.54) is 6.07 Å². The highest BCUT2D eigenvalue weighted by molar-refractivity contribution is 5.82.